The van der Waals surface area contributed by atoms with Crippen molar-refractivity contribution >= 4 is 21.4 Å². The molecule has 0 spiro atoms. The molecule has 1 aliphatic heterocycles. The number of fused-ring (bicyclic) bond motifs is 1. The highest BCUT2D eigenvalue weighted by atomic mass is 32.2. The third-order valence-corrected chi connectivity index (χ3v) is 7.07. The second-order valence-electron chi connectivity index (χ2n) is 6.48. The Bertz CT molecular complexity index is 1170. The molecule has 0 saturated heterocycles. The molecular formula is C19H16F3N3O3S2. The van der Waals surface area contributed by atoms with Gasteiger partial charge in [0.05, 0.1) is 21.7 Å². The Labute approximate surface area is 174 Å². The van der Waals surface area contributed by atoms with Gasteiger partial charge in [-0.3, -0.25) is 0 Å². The summed E-state index contributed by atoms with van der Waals surface area (Å²) in [7, 11) is -2.39. The highest BCUT2D eigenvalue weighted by molar-refractivity contribution is 7.89. The van der Waals surface area contributed by atoms with Gasteiger partial charge in [-0.1, -0.05) is 0 Å². The molecule has 0 fully saturated rings. The minimum absolute atomic E-state index is 0.0354. The number of sulfonamides is 1. The molecule has 0 bridgehead atoms. The van der Waals surface area contributed by atoms with Crippen LogP contribution in [-0.4, -0.2) is 20.4 Å². The molecule has 1 aromatic heterocycles. The molecule has 0 aliphatic carbocycles. The van der Waals surface area contributed by atoms with Crippen molar-refractivity contribution in [2.75, 3.05) is 7.05 Å². The number of ether oxygens (including phenoxy) is 1. The minimum Gasteiger partial charge on any atom is -0.457 e. The molecule has 158 valence electrons. The van der Waals surface area contributed by atoms with E-state index in [1.54, 1.807) is 0 Å². The molecule has 2 aromatic carbocycles. The van der Waals surface area contributed by atoms with E-state index >= 15 is 0 Å². The molecule has 1 aliphatic rings. The van der Waals surface area contributed by atoms with Crippen LogP contribution in [-0.2, 0) is 29.3 Å². The van der Waals surface area contributed by atoms with Crippen molar-refractivity contribution in [3.05, 3.63) is 58.6 Å². The standard InChI is InChI=1S/C19H16F3N3O3S2/c1-23-30(26,27)13-6-7-16(28-12-4-2-11(3-5-12)19(20,21)22)14(8-13)18-25-15-9-24-10-17(15)29-18/h2-8,23-24H,9-10H2,1H3. The fourth-order valence-corrected chi connectivity index (χ4v) is 4.78. The van der Waals surface area contributed by atoms with Crippen LogP contribution in [0.15, 0.2) is 47.4 Å². The first-order valence-corrected chi connectivity index (χ1v) is 11.1. The quantitative estimate of drug-likeness (QED) is 0.605. The third kappa shape index (κ3) is 4.06. The number of halogens is 3. The van der Waals surface area contributed by atoms with E-state index in [4.69, 9.17) is 4.74 Å². The smallest absolute Gasteiger partial charge is 0.416 e. The molecule has 0 radical (unpaired) electrons. The van der Waals surface area contributed by atoms with E-state index in [1.165, 1.54) is 48.7 Å². The predicted molar refractivity (Wildman–Crippen MR) is 106 cm³/mol. The first-order chi connectivity index (χ1) is 14.2. The summed E-state index contributed by atoms with van der Waals surface area (Å²) in [5.41, 5.74) is 0.553. The Hall–Kier alpha value is -2.47. The van der Waals surface area contributed by atoms with Crippen LogP contribution in [0.4, 0.5) is 13.2 Å². The minimum atomic E-state index is -4.44. The summed E-state index contributed by atoms with van der Waals surface area (Å²) in [5, 5.41) is 3.76. The van der Waals surface area contributed by atoms with Crippen molar-refractivity contribution in [2.24, 2.45) is 0 Å². The largest absolute Gasteiger partial charge is 0.457 e. The van der Waals surface area contributed by atoms with Gasteiger partial charge in [-0.25, -0.2) is 18.1 Å². The molecule has 0 saturated carbocycles. The summed E-state index contributed by atoms with van der Waals surface area (Å²) in [6.07, 6.45) is -4.44. The number of hydrogen-bond acceptors (Lipinski definition) is 6. The lowest BCUT2D eigenvalue weighted by Gasteiger charge is -2.13. The SMILES string of the molecule is CNS(=O)(=O)c1ccc(Oc2ccc(C(F)(F)F)cc2)c(-c2nc3c(s2)CNC3)c1. The Morgan fingerprint density at radius 2 is 1.87 bits per heavy atom. The molecule has 0 amide bonds. The van der Waals surface area contributed by atoms with Crippen molar-refractivity contribution in [2.45, 2.75) is 24.2 Å². The summed E-state index contributed by atoms with van der Waals surface area (Å²) in [4.78, 5) is 5.65. The highest BCUT2D eigenvalue weighted by Crippen LogP contribution is 2.39. The predicted octanol–water partition coefficient (Wildman–Crippen LogP) is 4.13. The highest BCUT2D eigenvalue weighted by Gasteiger charge is 2.30. The van der Waals surface area contributed by atoms with E-state index in [0.29, 0.717) is 29.4 Å². The second-order valence-corrected chi connectivity index (χ2v) is 9.45. The average Bonchev–Trinajstić information content (AvgIpc) is 3.30. The van der Waals surface area contributed by atoms with Crippen LogP contribution in [0.5, 0.6) is 11.5 Å². The summed E-state index contributed by atoms with van der Waals surface area (Å²) >= 11 is 1.41. The van der Waals surface area contributed by atoms with E-state index in [-0.39, 0.29) is 10.6 Å². The lowest BCUT2D eigenvalue weighted by molar-refractivity contribution is -0.137. The zero-order chi connectivity index (χ0) is 21.5. The molecule has 4 rings (SSSR count). The number of benzene rings is 2. The normalized spacial score (nSPS) is 14.0. The van der Waals surface area contributed by atoms with Gasteiger partial charge in [-0.2, -0.15) is 13.2 Å². The van der Waals surface area contributed by atoms with Crippen molar-refractivity contribution in [1.82, 2.24) is 15.0 Å². The fourth-order valence-electron chi connectivity index (χ4n) is 2.96. The van der Waals surface area contributed by atoms with Crippen LogP contribution < -0.4 is 14.8 Å². The van der Waals surface area contributed by atoms with Crippen LogP contribution in [0, 0.1) is 0 Å². The van der Waals surface area contributed by atoms with Gasteiger partial charge in [0.2, 0.25) is 10.0 Å². The maximum atomic E-state index is 12.8. The third-order valence-electron chi connectivity index (χ3n) is 4.53. The Kier molecular flexibility index (Phi) is 5.30. The van der Waals surface area contributed by atoms with Gasteiger partial charge in [-0.15, -0.1) is 11.3 Å². The molecule has 2 N–H and O–H groups in total. The summed E-state index contributed by atoms with van der Waals surface area (Å²) in [6.45, 7) is 1.30. The molecule has 30 heavy (non-hydrogen) atoms. The zero-order valence-corrected chi connectivity index (χ0v) is 17.2. The topological polar surface area (TPSA) is 80.3 Å². The number of aromatic nitrogens is 1. The first kappa shape index (κ1) is 20.8. The number of nitrogens with one attached hydrogen (secondary N) is 2. The number of thiazole rings is 1. The van der Waals surface area contributed by atoms with Crippen LogP contribution in [0.3, 0.4) is 0 Å². The molecule has 2 heterocycles. The monoisotopic (exact) mass is 455 g/mol. The van der Waals surface area contributed by atoms with Gasteiger partial charge in [0.1, 0.15) is 16.5 Å². The Morgan fingerprint density at radius 1 is 1.13 bits per heavy atom. The number of alkyl halides is 3. The van der Waals surface area contributed by atoms with E-state index < -0.39 is 21.8 Å². The van der Waals surface area contributed by atoms with Crippen LogP contribution in [0.2, 0.25) is 0 Å². The lowest BCUT2D eigenvalue weighted by Crippen LogP contribution is -2.18. The molecule has 6 nitrogen and oxygen atoms in total. The van der Waals surface area contributed by atoms with Crippen molar-refractivity contribution in [1.29, 1.82) is 0 Å². The van der Waals surface area contributed by atoms with Crippen LogP contribution in [0.1, 0.15) is 16.1 Å². The van der Waals surface area contributed by atoms with Crippen molar-refractivity contribution in [3.63, 3.8) is 0 Å². The second kappa shape index (κ2) is 7.65. The van der Waals surface area contributed by atoms with Crippen molar-refractivity contribution in [3.8, 4) is 22.1 Å². The number of hydrogen-bond donors (Lipinski definition) is 2. The summed E-state index contributed by atoms with van der Waals surface area (Å²) in [6, 6.07) is 8.59. The fraction of sp³-hybridized carbons (Fsp3) is 0.211. The van der Waals surface area contributed by atoms with Gasteiger partial charge in [0, 0.05) is 18.0 Å². The maximum Gasteiger partial charge on any atom is 0.416 e. The summed E-state index contributed by atoms with van der Waals surface area (Å²) in [5.74, 6) is 0.490. The van der Waals surface area contributed by atoms with Gasteiger partial charge < -0.3 is 10.1 Å². The molecular weight excluding hydrogens is 439 g/mol. The van der Waals surface area contributed by atoms with Gasteiger partial charge in [0.15, 0.2) is 0 Å². The molecule has 11 heteroatoms. The van der Waals surface area contributed by atoms with E-state index in [9.17, 15) is 21.6 Å². The molecule has 0 unspecified atom stereocenters. The van der Waals surface area contributed by atoms with Crippen LogP contribution in [0.25, 0.3) is 10.6 Å². The van der Waals surface area contributed by atoms with E-state index in [2.05, 4.69) is 15.0 Å². The average molecular weight is 455 g/mol. The molecule has 3 aromatic rings. The number of rotatable bonds is 5. The zero-order valence-electron chi connectivity index (χ0n) is 15.6. The first-order valence-electron chi connectivity index (χ1n) is 8.80. The Morgan fingerprint density at radius 3 is 2.50 bits per heavy atom. The molecule has 0 atom stereocenters. The van der Waals surface area contributed by atoms with Crippen LogP contribution >= 0.6 is 11.3 Å². The lowest BCUT2D eigenvalue weighted by atomic mass is 10.2. The Balaban J connectivity index is 1.75. The van der Waals surface area contributed by atoms with E-state index in [0.717, 1.165) is 22.7 Å². The van der Waals surface area contributed by atoms with Gasteiger partial charge >= 0.3 is 6.18 Å². The summed E-state index contributed by atoms with van der Waals surface area (Å²) < 4.78 is 70.9. The van der Waals surface area contributed by atoms with Crippen molar-refractivity contribution < 1.29 is 26.3 Å². The number of nitrogens with zero attached hydrogens (tertiary/aromatic N) is 1. The van der Waals surface area contributed by atoms with E-state index in [1.807, 2.05) is 0 Å². The maximum absolute atomic E-state index is 12.8. The van der Waals surface area contributed by atoms with Gasteiger partial charge in [0.25, 0.3) is 0 Å². The van der Waals surface area contributed by atoms with Gasteiger partial charge in [-0.05, 0) is 49.5 Å².